The molecule has 0 amide bonds. The molecule has 1 aliphatic rings. The summed E-state index contributed by atoms with van der Waals surface area (Å²) >= 11 is 0. The second-order valence-electron chi connectivity index (χ2n) is 5.79. The molecule has 1 aliphatic carbocycles. The Kier molecular flexibility index (Phi) is 4.25. The van der Waals surface area contributed by atoms with Gasteiger partial charge in [-0.25, -0.2) is 17.9 Å². The fourth-order valence-electron chi connectivity index (χ4n) is 2.75. The van der Waals surface area contributed by atoms with Crippen LogP contribution in [-0.2, 0) is 10.0 Å². The van der Waals surface area contributed by atoms with Crippen LogP contribution in [-0.4, -0.2) is 25.0 Å². The third kappa shape index (κ3) is 3.54. The largest absolute Gasteiger partial charge is 0.478 e. The molecule has 4 N–H and O–H groups in total. The normalized spacial score (nSPS) is 18.3. The Morgan fingerprint density at radius 1 is 1.29 bits per heavy atom. The van der Waals surface area contributed by atoms with Gasteiger partial charge in [-0.05, 0) is 38.0 Å². The molecule has 21 heavy (non-hydrogen) atoms. The van der Waals surface area contributed by atoms with Gasteiger partial charge in [-0.3, -0.25) is 0 Å². The van der Waals surface area contributed by atoms with Crippen molar-refractivity contribution in [2.45, 2.75) is 49.5 Å². The fourth-order valence-corrected chi connectivity index (χ4v) is 4.45. The van der Waals surface area contributed by atoms with Gasteiger partial charge in [-0.15, -0.1) is 0 Å². The van der Waals surface area contributed by atoms with Gasteiger partial charge in [-0.2, -0.15) is 0 Å². The first-order chi connectivity index (χ1) is 9.73. The number of anilines is 1. The number of sulfonamides is 1. The van der Waals surface area contributed by atoms with E-state index in [1.807, 2.05) is 6.92 Å². The maximum absolute atomic E-state index is 12.6. The van der Waals surface area contributed by atoms with Crippen LogP contribution in [0.1, 0.15) is 49.4 Å². The summed E-state index contributed by atoms with van der Waals surface area (Å²) in [5, 5.41) is 9.16. The minimum Gasteiger partial charge on any atom is -0.478 e. The molecular formula is C14H20N2O4S. The lowest BCUT2D eigenvalue weighted by Gasteiger charge is -2.34. The van der Waals surface area contributed by atoms with Crippen LogP contribution in [0.5, 0.6) is 0 Å². The van der Waals surface area contributed by atoms with Crippen LogP contribution in [0, 0.1) is 0 Å². The van der Waals surface area contributed by atoms with Crippen LogP contribution < -0.4 is 10.5 Å². The SMILES string of the molecule is CC1(NS(=O)(=O)c2cc(N)ccc2C(=O)O)CCCCC1. The molecule has 0 aromatic heterocycles. The van der Waals surface area contributed by atoms with E-state index in [0.29, 0.717) is 0 Å². The Morgan fingerprint density at radius 3 is 2.48 bits per heavy atom. The van der Waals surface area contributed by atoms with E-state index in [-0.39, 0.29) is 16.1 Å². The lowest BCUT2D eigenvalue weighted by molar-refractivity contribution is 0.0692. The van der Waals surface area contributed by atoms with Gasteiger partial charge in [0.1, 0.15) is 0 Å². The number of nitrogen functional groups attached to an aromatic ring is 1. The van der Waals surface area contributed by atoms with E-state index in [4.69, 9.17) is 10.8 Å². The highest BCUT2D eigenvalue weighted by Crippen LogP contribution is 2.30. The van der Waals surface area contributed by atoms with Crippen LogP contribution in [0.2, 0.25) is 0 Å². The molecule has 0 spiro atoms. The molecule has 0 radical (unpaired) electrons. The maximum atomic E-state index is 12.6. The topological polar surface area (TPSA) is 109 Å². The number of carboxylic acid groups (broad SMARTS) is 1. The van der Waals surface area contributed by atoms with Crippen molar-refractivity contribution in [1.29, 1.82) is 0 Å². The van der Waals surface area contributed by atoms with Crippen molar-refractivity contribution in [3.05, 3.63) is 23.8 Å². The Morgan fingerprint density at radius 2 is 1.90 bits per heavy atom. The first-order valence-corrected chi connectivity index (χ1v) is 8.39. The number of carbonyl (C=O) groups is 1. The van der Waals surface area contributed by atoms with E-state index < -0.39 is 21.5 Å². The number of hydrogen-bond donors (Lipinski definition) is 3. The van der Waals surface area contributed by atoms with Crippen molar-refractivity contribution >= 4 is 21.7 Å². The van der Waals surface area contributed by atoms with E-state index in [1.54, 1.807) is 0 Å². The Hall–Kier alpha value is -1.60. The second kappa shape index (κ2) is 5.65. The van der Waals surface area contributed by atoms with Crippen LogP contribution >= 0.6 is 0 Å². The summed E-state index contributed by atoms with van der Waals surface area (Å²) in [6.45, 7) is 1.86. The summed E-state index contributed by atoms with van der Waals surface area (Å²) in [6.07, 6.45) is 4.51. The lowest BCUT2D eigenvalue weighted by Crippen LogP contribution is -2.47. The lowest BCUT2D eigenvalue weighted by atomic mass is 9.84. The van der Waals surface area contributed by atoms with E-state index in [9.17, 15) is 13.2 Å². The molecule has 2 rings (SSSR count). The molecule has 0 saturated heterocycles. The zero-order valence-corrected chi connectivity index (χ0v) is 12.7. The molecule has 1 fully saturated rings. The fraction of sp³-hybridized carbons (Fsp3) is 0.500. The van der Waals surface area contributed by atoms with Crippen molar-refractivity contribution < 1.29 is 18.3 Å². The molecular weight excluding hydrogens is 292 g/mol. The summed E-state index contributed by atoms with van der Waals surface area (Å²) in [6, 6.07) is 3.79. The van der Waals surface area contributed by atoms with E-state index in [0.717, 1.165) is 32.1 Å². The average molecular weight is 312 g/mol. The molecule has 1 aromatic carbocycles. The third-order valence-corrected chi connectivity index (χ3v) is 5.54. The summed E-state index contributed by atoms with van der Waals surface area (Å²) in [4.78, 5) is 10.9. The number of nitrogens with one attached hydrogen (secondary N) is 1. The predicted molar refractivity (Wildman–Crippen MR) is 79.6 cm³/mol. The second-order valence-corrected chi connectivity index (χ2v) is 7.44. The summed E-state index contributed by atoms with van der Waals surface area (Å²) in [5.41, 5.74) is 5.02. The van der Waals surface area contributed by atoms with Gasteiger partial charge in [0.05, 0.1) is 10.5 Å². The molecule has 0 bridgehead atoms. The first kappa shape index (κ1) is 15.8. The highest BCUT2D eigenvalue weighted by Gasteiger charge is 2.33. The van der Waals surface area contributed by atoms with E-state index >= 15 is 0 Å². The minimum atomic E-state index is -3.93. The predicted octanol–water partition coefficient (Wildman–Crippen LogP) is 1.97. The Bertz CT molecular complexity index is 649. The van der Waals surface area contributed by atoms with Crippen LogP contribution in [0.15, 0.2) is 23.1 Å². The molecule has 1 saturated carbocycles. The van der Waals surface area contributed by atoms with Gasteiger partial charge in [0.15, 0.2) is 0 Å². The van der Waals surface area contributed by atoms with Gasteiger partial charge in [0.25, 0.3) is 0 Å². The van der Waals surface area contributed by atoms with Crippen molar-refractivity contribution in [2.75, 3.05) is 5.73 Å². The minimum absolute atomic E-state index is 0.217. The number of aromatic carboxylic acids is 1. The molecule has 0 atom stereocenters. The molecule has 7 heteroatoms. The number of carboxylic acids is 1. The molecule has 0 heterocycles. The Labute approximate surface area is 124 Å². The van der Waals surface area contributed by atoms with Gasteiger partial charge in [-0.1, -0.05) is 19.3 Å². The number of hydrogen-bond acceptors (Lipinski definition) is 4. The Balaban J connectivity index is 2.39. The van der Waals surface area contributed by atoms with Crippen molar-refractivity contribution in [3.63, 3.8) is 0 Å². The van der Waals surface area contributed by atoms with Crippen molar-refractivity contribution in [3.8, 4) is 0 Å². The van der Waals surface area contributed by atoms with Gasteiger partial charge < -0.3 is 10.8 Å². The highest BCUT2D eigenvalue weighted by molar-refractivity contribution is 7.89. The molecule has 116 valence electrons. The number of rotatable bonds is 4. The maximum Gasteiger partial charge on any atom is 0.337 e. The summed E-state index contributed by atoms with van der Waals surface area (Å²) in [7, 11) is -3.93. The van der Waals surface area contributed by atoms with Gasteiger partial charge >= 0.3 is 5.97 Å². The van der Waals surface area contributed by atoms with E-state index in [1.165, 1.54) is 18.2 Å². The van der Waals surface area contributed by atoms with Crippen LogP contribution in [0.4, 0.5) is 5.69 Å². The monoisotopic (exact) mass is 312 g/mol. The smallest absolute Gasteiger partial charge is 0.337 e. The average Bonchev–Trinajstić information content (AvgIpc) is 2.37. The van der Waals surface area contributed by atoms with Gasteiger partial charge in [0.2, 0.25) is 10.0 Å². The number of nitrogens with two attached hydrogens (primary N) is 1. The quantitative estimate of drug-likeness (QED) is 0.736. The molecule has 1 aromatic rings. The summed E-state index contributed by atoms with van der Waals surface area (Å²) in [5.74, 6) is -1.29. The van der Waals surface area contributed by atoms with Crippen LogP contribution in [0.3, 0.4) is 0 Å². The molecule has 0 unspecified atom stereocenters. The van der Waals surface area contributed by atoms with Crippen LogP contribution in [0.25, 0.3) is 0 Å². The number of benzene rings is 1. The van der Waals surface area contributed by atoms with E-state index in [2.05, 4.69) is 4.72 Å². The third-order valence-electron chi connectivity index (χ3n) is 3.86. The van der Waals surface area contributed by atoms with Gasteiger partial charge in [0, 0.05) is 11.2 Å². The first-order valence-electron chi connectivity index (χ1n) is 6.90. The molecule has 6 nitrogen and oxygen atoms in total. The van der Waals surface area contributed by atoms with Crippen molar-refractivity contribution in [1.82, 2.24) is 4.72 Å². The highest BCUT2D eigenvalue weighted by atomic mass is 32.2. The van der Waals surface area contributed by atoms with Crippen molar-refractivity contribution in [2.24, 2.45) is 0 Å². The molecule has 0 aliphatic heterocycles. The zero-order valence-electron chi connectivity index (χ0n) is 11.9. The summed E-state index contributed by atoms with van der Waals surface area (Å²) < 4.78 is 27.8. The zero-order chi connectivity index (χ0) is 15.7. The standard InChI is InChI=1S/C14H20N2O4S/c1-14(7-3-2-4-8-14)16-21(19,20)12-9-10(15)5-6-11(12)13(17)18/h5-6,9,16H,2-4,7-8,15H2,1H3,(H,17,18).